The maximum absolute atomic E-state index is 12.8. The molecule has 1 atom stereocenters. The summed E-state index contributed by atoms with van der Waals surface area (Å²) in [4.78, 5) is 0. The molecule has 0 bridgehead atoms. The van der Waals surface area contributed by atoms with Crippen molar-refractivity contribution in [2.24, 2.45) is 5.92 Å². The summed E-state index contributed by atoms with van der Waals surface area (Å²) >= 11 is 0. The van der Waals surface area contributed by atoms with Gasteiger partial charge in [0.1, 0.15) is 11.6 Å². The van der Waals surface area contributed by atoms with Crippen molar-refractivity contribution < 1.29 is 14.2 Å². The van der Waals surface area contributed by atoms with Crippen molar-refractivity contribution in [3.63, 3.8) is 0 Å². The Hall–Kier alpha value is -1.13. The van der Waals surface area contributed by atoms with E-state index in [0.29, 0.717) is 12.2 Å². The molecular formula is C14H20FNO2. The van der Waals surface area contributed by atoms with Gasteiger partial charge in [0.2, 0.25) is 0 Å². The van der Waals surface area contributed by atoms with Crippen LogP contribution >= 0.6 is 0 Å². The zero-order valence-electron chi connectivity index (χ0n) is 10.7. The molecule has 0 radical (unpaired) electrons. The summed E-state index contributed by atoms with van der Waals surface area (Å²) < 4.78 is 18.4. The van der Waals surface area contributed by atoms with Crippen LogP contribution in [-0.2, 0) is 4.74 Å². The highest BCUT2D eigenvalue weighted by Gasteiger charge is 2.20. The quantitative estimate of drug-likeness (QED) is 0.734. The smallest absolute Gasteiger partial charge is 0.126 e. The van der Waals surface area contributed by atoms with Gasteiger partial charge in [-0.25, -0.2) is 4.39 Å². The van der Waals surface area contributed by atoms with Crippen molar-refractivity contribution in [3.05, 3.63) is 29.6 Å². The maximum atomic E-state index is 12.8. The van der Waals surface area contributed by atoms with Gasteiger partial charge < -0.3 is 15.2 Å². The molecule has 0 heterocycles. The Morgan fingerprint density at radius 2 is 2.28 bits per heavy atom. The lowest BCUT2D eigenvalue weighted by Crippen LogP contribution is -2.23. The summed E-state index contributed by atoms with van der Waals surface area (Å²) in [7, 11) is 0. The molecule has 0 amide bonds. The maximum Gasteiger partial charge on any atom is 0.126 e. The number of halogens is 1. The van der Waals surface area contributed by atoms with E-state index in [1.54, 1.807) is 6.07 Å². The highest BCUT2D eigenvalue weighted by Crippen LogP contribution is 2.28. The molecule has 4 heteroatoms. The topological polar surface area (TPSA) is 41.5 Å². The zero-order valence-corrected chi connectivity index (χ0v) is 10.7. The lowest BCUT2D eigenvalue weighted by Gasteiger charge is -2.15. The molecule has 0 spiro atoms. The molecule has 3 nitrogen and oxygen atoms in total. The van der Waals surface area contributed by atoms with Gasteiger partial charge in [0.05, 0.1) is 6.61 Å². The number of aromatic hydroxyl groups is 1. The van der Waals surface area contributed by atoms with Crippen molar-refractivity contribution >= 4 is 0 Å². The van der Waals surface area contributed by atoms with Crippen molar-refractivity contribution in [2.75, 3.05) is 19.8 Å². The third-order valence-electron chi connectivity index (χ3n) is 3.21. The fourth-order valence-corrected chi connectivity index (χ4v) is 1.88. The Kier molecular flexibility index (Phi) is 4.55. The first kappa shape index (κ1) is 13.3. The Morgan fingerprint density at radius 1 is 1.50 bits per heavy atom. The van der Waals surface area contributed by atoms with Crippen LogP contribution in [0.5, 0.6) is 5.75 Å². The predicted octanol–water partition coefficient (Wildman–Crippen LogP) is 2.61. The van der Waals surface area contributed by atoms with E-state index in [1.807, 2.05) is 6.92 Å². The average molecular weight is 253 g/mol. The standard InChI is InChI=1S/C14H20FNO2/c1-10(13-5-4-12(15)8-14(13)17)16-6-7-18-9-11-2-3-11/h4-5,8,10-11,16-17H,2-3,6-7,9H2,1H3. The molecule has 1 saturated carbocycles. The Bertz CT molecular complexity index is 393. The molecule has 100 valence electrons. The SMILES string of the molecule is CC(NCCOCC1CC1)c1ccc(F)cc1O. The number of hydrogen-bond acceptors (Lipinski definition) is 3. The van der Waals surface area contributed by atoms with E-state index in [9.17, 15) is 9.50 Å². The number of benzene rings is 1. The molecule has 1 aromatic carbocycles. The fourth-order valence-electron chi connectivity index (χ4n) is 1.88. The molecule has 18 heavy (non-hydrogen) atoms. The highest BCUT2D eigenvalue weighted by molar-refractivity contribution is 5.34. The summed E-state index contributed by atoms with van der Waals surface area (Å²) in [6.45, 7) is 4.19. The van der Waals surface area contributed by atoms with Crippen LogP contribution in [0.2, 0.25) is 0 Å². The molecule has 1 aromatic rings. The minimum Gasteiger partial charge on any atom is -0.508 e. The summed E-state index contributed by atoms with van der Waals surface area (Å²) in [5, 5.41) is 12.9. The normalized spacial score (nSPS) is 16.8. The first-order valence-electron chi connectivity index (χ1n) is 6.46. The lowest BCUT2D eigenvalue weighted by molar-refractivity contribution is 0.124. The molecule has 1 aliphatic carbocycles. The monoisotopic (exact) mass is 253 g/mol. The Morgan fingerprint density at radius 3 is 2.94 bits per heavy atom. The number of rotatable bonds is 7. The average Bonchev–Trinajstić information content (AvgIpc) is 3.12. The molecule has 1 fully saturated rings. The van der Waals surface area contributed by atoms with E-state index >= 15 is 0 Å². The first-order valence-corrected chi connectivity index (χ1v) is 6.46. The largest absolute Gasteiger partial charge is 0.508 e. The number of phenols is 1. The van der Waals surface area contributed by atoms with Gasteiger partial charge in [0, 0.05) is 30.8 Å². The van der Waals surface area contributed by atoms with Crippen LogP contribution in [0.15, 0.2) is 18.2 Å². The van der Waals surface area contributed by atoms with E-state index in [0.717, 1.165) is 25.1 Å². The molecule has 0 aliphatic heterocycles. The van der Waals surface area contributed by atoms with Crippen molar-refractivity contribution in [3.8, 4) is 5.75 Å². The summed E-state index contributed by atoms with van der Waals surface area (Å²) in [5.74, 6) is 0.355. The van der Waals surface area contributed by atoms with Gasteiger partial charge in [-0.1, -0.05) is 6.07 Å². The summed E-state index contributed by atoms with van der Waals surface area (Å²) in [6.07, 6.45) is 2.60. The van der Waals surface area contributed by atoms with Gasteiger partial charge in [-0.3, -0.25) is 0 Å². The third kappa shape index (κ3) is 3.96. The third-order valence-corrected chi connectivity index (χ3v) is 3.21. The van der Waals surface area contributed by atoms with Crippen molar-refractivity contribution in [2.45, 2.75) is 25.8 Å². The highest BCUT2D eigenvalue weighted by atomic mass is 19.1. The molecule has 2 rings (SSSR count). The van der Waals surface area contributed by atoms with Gasteiger partial charge in [-0.2, -0.15) is 0 Å². The molecule has 0 saturated heterocycles. The minimum absolute atomic E-state index is 0.00565. The second-order valence-electron chi connectivity index (χ2n) is 4.90. The Labute approximate surface area is 107 Å². The van der Waals surface area contributed by atoms with E-state index in [-0.39, 0.29) is 11.8 Å². The molecule has 2 N–H and O–H groups in total. The van der Waals surface area contributed by atoms with Crippen LogP contribution in [0, 0.1) is 11.7 Å². The molecule has 1 aliphatic rings. The minimum atomic E-state index is -0.420. The number of phenolic OH excluding ortho intramolecular Hbond substituents is 1. The van der Waals surface area contributed by atoms with Crippen molar-refractivity contribution in [1.29, 1.82) is 0 Å². The lowest BCUT2D eigenvalue weighted by atomic mass is 10.1. The summed E-state index contributed by atoms with van der Waals surface area (Å²) in [5.41, 5.74) is 0.707. The van der Waals surface area contributed by atoms with E-state index < -0.39 is 5.82 Å². The fraction of sp³-hybridized carbons (Fsp3) is 0.571. The van der Waals surface area contributed by atoms with Crippen LogP contribution in [0.3, 0.4) is 0 Å². The molecule has 1 unspecified atom stereocenters. The second kappa shape index (κ2) is 6.16. The van der Waals surface area contributed by atoms with Crippen LogP contribution in [0.1, 0.15) is 31.4 Å². The number of hydrogen-bond donors (Lipinski definition) is 2. The van der Waals surface area contributed by atoms with Gasteiger partial charge in [0.25, 0.3) is 0 Å². The number of ether oxygens (including phenoxy) is 1. The van der Waals surface area contributed by atoms with Gasteiger partial charge >= 0.3 is 0 Å². The van der Waals surface area contributed by atoms with E-state index in [4.69, 9.17) is 4.74 Å². The van der Waals surface area contributed by atoms with Crippen LogP contribution in [0.25, 0.3) is 0 Å². The van der Waals surface area contributed by atoms with Gasteiger partial charge in [0.15, 0.2) is 0 Å². The van der Waals surface area contributed by atoms with Gasteiger partial charge in [-0.05, 0) is 31.7 Å². The molecule has 0 aromatic heterocycles. The van der Waals surface area contributed by atoms with E-state index in [1.165, 1.54) is 18.9 Å². The second-order valence-corrected chi connectivity index (χ2v) is 4.90. The predicted molar refractivity (Wildman–Crippen MR) is 68.0 cm³/mol. The molecular weight excluding hydrogens is 233 g/mol. The van der Waals surface area contributed by atoms with Crippen LogP contribution in [-0.4, -0.2) is 24.9 Å². The number of nitrogens with one attached hydrogen (secondary N) is 1. The first-order chi connectivity index (χ1) is 8.66. The Balaban J connectivity index is 1.70. The van der Waals surface area contributed by atoms with Crippen LogP contribution in [0.4, 0.5) is 4.39 Å². The van der Waals surface area contributed by atoms with Crippen molar-refractivity contribution in [1.82, 2.24) is 5.32 Å². The van der Waals surface area contributed by atoms with Crippen LogP contribution < -0.4 is 5.32 Å². The van der Waals surface area contributed by atoms with E-state index in [2.05, 4.69) is 5.32 Å². The zero-order chi connectivity index (χ0) is 13.0. The summed E-state index contributed by atoms with van der Waals surface area (Å²) in [6, 6.07) is 4.08. The van der Waals surface area contributed by atoms with Gasteiger partial charge in [-0.15, -0.1) is 0 Å².